The lowest BCUT2D eigenvalue weighted by atomic mass is 10.1. The molecule has 0 spiro atoms. The van der Waals surface area contributed by atoms with E-state index in [2.05, 4.69) is 18.7 Å². The van der Waals surface area contributed by atoms with Crippen LogP contribution in [0.4, 0.5) is 0 Å². The van der Waals surface area contributed by atoms with Crippen LogP contribution in [0.3, 0.4) is 0 Å². The van der Waals surface area contributed by atoms with Crippen molar-refractivity contribution in [3.8, 4) is 0 Å². The summed E-state index contributed by atoms with van der Waals surface area (Å²) in [5.74, 6) is 0. The lowest BCUT2D eigenvalue weighted by Gasteiger charge is -2.33. The van der Waals surface area contributed by atoms with Crippen molar-refractivity contribution in [1.29, 1.82) is 0 Å². The molecule has 0 aliphatic carbocycles. The monoisotopic (exact) mass is 202 g/mol. The smallest absolute Gasteiger partial charge is 0.0752 e. The van der Waals surface area contributed by atoms with Crippen LogP contribution >= 0.6 is 0 Å². The highest BCUT2D eigenvalue weighted by Gasteiger charge is 2.28. The van der Waals surface area contributed by atoms with Crippen LogP contribution in [0, 0.1) is 0 Å². The van der Waals surface area contributed by atoms with Crippen molar-refractivity contribution in [3.63, 3.8) is 0 Å². The molecule has 1 aliphatic rings. The second kappa shape index (κ2) is 5.07. The van der Waals surface area contributed by atoms with Crippen molar-refractivity contribution in [2.75, 3.05) is 32.8 Å². The van der Waals surface area contributed by atoms with Crippen molar-refractivity contribution in [1.82, 2.24) is 4.90 Å². The van der Waals surface area contributed by atoms with Crippen molar-refractivity contribution < 1.29 is 9.84 Å². The highest BCUT2D eigenvalue weighted by molar-refractivity contribution is 4.82. The lowest BCUT2D eigenvalue weighted by Crippen LogP contribution is -2.48. The van der Waals surface area contributed by atoms with Gasteiger partial charge in [-0.3, -0.25) is 4.90 Å². The first kappa shape index (κ1) is 11.9. The van der Waals surface area contributed by atoms with E-state index in [1.807, 2.05) is 0 Å². The highest BCUT2D eigenvalue weighted by Crippen LogP contribution is 2.17. The molecule has 0 aromatic heterocycles. The van der Waals surface area contributed by atoms with E-state index < -0.39 is 0 Å². The zero-order valence-corrected chi connectivity index (χ0v) is 9.20. The van der Waals surface area contributed by atoms with Gasteiger partial charge in [-0.05, 0) is 20.3 Å². The van der Waals surface area contributed by atoms with Crippen molar-refractivity contribution in [3.05, 3.63) is 0 Å². The summed E-state index contributed by atoms with van der Waals surface area (Å²) in [6, 6.07) is 0.0796. The first-order chi connectivity index (χ1) is 6.59. The van der Waals surface area contributed by atoms with Gasteiger partial charge in [0.15, 0.2) is 0 Å². The van der Waals surface area contributed by atoms with Crippen LogP contribution in [-0.4, -0.2) is 54.5 Å². The molecule has 4 heteroatoms. The third-order valence-electron chi connectivity index (χ3n) is 2.67. The van der Waals surface area contributed by atoms with Gasteiger partial charge in [0.25, 0.3) is 0 Å². The number of aliphatic hydroxyl groups is 1. The number of rotatable bonds is 3. The zero-order chi connectivity index (χ0) is 10.6. The van der Waals surface area contributed by atoms with Crippen LogP contribution in [0.25, 0.3) is 0 Å². The number of hydrogen-bond donors (Lipinski definition) is 2. The quantitative estimate of drug-likeness (QED) is 0.666. The van der Waals surface area contributed by atoms with Gasteiger partial charge in [0.1, 0.15) is 0 Å². The molecule has 1 atom stereocenters. The molecule has 1 aliphatic heterocycles. The lowest BCUT2D eigenvalue weighted by molar-refractivity contribution is -0.0248. The molecule has 1 rings (SSSR count). The summed E-state index contributed by atoms with van der Waals surface area (Å²) in [6.07, 6.45) is 1.01. The number of nitrogens with zero attached hydrogens (tertiary/aromatic N) is 1. The van der Waals surface area contributed by atoms with Crippen molar-refractivity contribution in [2.24, 2.45) is 5.73 Å². The van der Waals surface area contributed by atoms with Crippen LogP contribution in [0.15, 0.2) is 0 Å². The maximum Gasteiger partial charge on any atom is 0.0752 e. The standard InChI is InChI=1S/C10H22N2O2/c1-10(2)8-12(4-3-5-14-10)9(6-11)7-13/h9,13H,3-8,11H2,1-2H3. The summed E-state index contributed by atoms with van der Waals surface area (Å²) < 4.78 is 5.70. The van der Waals surface area contributed by atoms with E-state index in [4.69, 9.17) is 10.5 Å². The first-order valence-electron chi connectivity index (χ1n) is 5.28. The fraction of sp³-hybridized carbons (Fsp3) is 1.00. The van der Waals surface area contributed by atoms with Crippen molar-refractivity contribution in [2.45, 2.75) is 31.9 Å². The largest absolute Gasteiger partial charge is 0.395 e. The van der Waals surface area contributed by atoms with Crippen LogP contribution < -0.4 is 5.73 Å². The number of ether oxygens (including phenoxy) is 1. The summed E-state index contributed by atoms with van der Waals surface area (Å²) in [7, 11) is 0. The van der Waals surface area contributed by atoms with Gasteiger partial charge in [0, 0.05) is 32.3 Å². The Balaban J connectivity index is 2.58. The van der Waals surface area contributed by atoms with Crippen LogP contribution in [0.5, 0.6) is 0 Å². The van der Waals surface area contributed by atoms with E-state index in [0.717, 1.165) is 26.1 Å². The minimum atomic E-state index is -0.126. The van der Waals surface area contributed by atoms with E-state index >= 15 is 0 Å². The number of nitrogens with two attached hydrogens (primary N) is 1. The predicted molar refractivity (Wildman–Crippen MR) is 56.1 cm³/mol. The molecule has 1 unspecified atom stereocenters. The van der Waals surface area contributed by atoms with Crippen LogP contribution in [0.1, 0.15) is 20.3 Å². The van der Waals surface area contributed by atoms with Gasteiger partial charge in [0.05, 0.1) is 12.2 Å². The highest BCUT2D eigenvalue weighted by atomic mass is 16.5. The average molecular weight is 202 g/mol. The third-order valence-corrected chi connectivity index (χ3v) is 2.67. The minimum Gasteiger partial charge on any atom is -0.395 e. The molecule has 1 fully saturated rings. The van der Waals surface area contributed by atoms with Gasteiger partial charge in [-0.15, -0.1) is 0 Å². The summed E-state index contributed by atoms with van der Waals surface area (Å²) in [5, 5.41) is 9.18. The molecule has 0 amide bonds. The molecule has 0 radical (unpaired) electrons. The van der Waals surface area contributed by atoms with E-state index in [1.54, 1.807) is 0 Å². The topological polar surface area (TPSA) is 58.7 Å². The molecule has 0 bridgehead atoms. The van der Waals surface area contributed by atoms with Gasteiger partial charge in [-0.25, -0.2) is 0 Å². The zero-order valence-electron chi connectivity index (χ0n) is 9.20. The molecule has 0 aromatic carbocycles. The fourth-order valence-corrected chi connectivity index (χ4v) is 1.88. The van der Waals surface area contributed by atoms with Gasteiger partial charge in [-0.2, -0.15) is 0 Å². The summed E-state index contributed by atoms with van der Waals surface area (Å²) in [4.78, 5) is 2.23. The fourth-order valence-electron chi connectivity index (χ4n) is 1.88. The molecule has 84 valence electrons. The Morgan fingerprint density at radius 3 is 2.86 bits per heavy atom. The average Bonchev–Trinajstić information content (AvgIpc) is 2.29. The predicted octanol–water partition coefficient (Wildman–Crippen LogP) is -0.193. The number of hydrogen-bond acceptors (Lipinski definition) is 4. The number of aliphatic hydroxyl groups excluding tert-OH is 1. The molecule has 3 N–H and O–H groups in total. The first-order valence-corrected chi connectivity index (χ1v) is 5.28. The molecule has 1 saturated heterocycles. The van der Waals surface area contributed by atoms with Gasteiger partial charge in [0.2, 0.25) is 0 Å². The molecule has 14 heavy (non-hydrogen) atoms. The minimum absolute atomic E-state index is 0.0796. The molecule has 0 saturated carbocycles. The molecule has 4 nitrogen and oxygen atoms in total. The molecule has 0 aromatic rings. The molecule has 1 heterocycles. The van der Waals surface area contributed by atoms with E-state index in [1.165, 1.54) is 0 Å². The Bertz CT molecular complexity index is 170. The Morgan fingerprint density at radius 2 is 2.29 bits per heavy atom. The van der Waals surface area contributed by atoms with Gasteiger partial charge < -0.3 is 15.6 Å². The third kappa shape index (κ3) is 3.20. The second-order valence-corrected chi connectivity index (χ2v) is 4.50. The Morgan fingerprint density at radius 1 is 1.57 bits per heavy atom. The van der Waals surface area contributed by atoms with E-state index in [-0.39, 0.29) is 18.2 Å². The maximum atomic E-state index is 9.18. The van der Waals surface area contributed by atoms with Crippen molar-refractivity contribution >= 4 is 0 Å². The second-order valence-electron chi connectivity index (χ2n) is 4.50. The maximum absolute atomic E-state index is 9.18. The van der Waals surface area contributed by atoms with Gasteiger partial charge in [-0.1, -0.05) is 0 Å². The van der Waals surface area contributed by atoms with Crippen LogP contribution in [-0.2, 0) is 4.74 Å². The Hall–Kier alpha value is -0.160. The summed E-state index contributed by atoms with van der Waals surface area (Å²) in [6.45, 7) is 7.40. The van der Waals surface area contributed by atoms with E-state index in [0.29, 0.717) is 6.54 Å². The Kier molecular flexibility index (Phi) is 4.31. The summed E-state index contributed by atoms with van der Waals surface area (Å²) >= 11 is 0. The normalized spacial score (nSPS) is 25.7. The van der Waals surface area contributed by atoms with E-state index in [9.17, 15) is 5.11 Å². The SMILES string of the molecule is CC1(C)CN(C(CN)CO)CCCO1. The summed E-state index contributed by atoms with van der Waals surface area (Å²) in [5.41, 5.74) is 5.49. The molecular weight excluding hydrogens is 180 g/mol. The van der Waals surface area contributed by atoms with Gasteiger partial charge >= 0.3 is 0 Å². The van der Waals surface area contributed by atoms with Crippen LogP contribution in [0.2, 0.25) is 0 Å². The Labute approximate surface area is 86.0 Å². The molecular formula is C10H22N2O2.